The highest BCUT2D eigenvalue weighted by atomic mass is 35.5. The SMILES string of the molecule is CCN(CC)CCCOc1ccc(-c2cc3c(Oc4ccc(NC(=O)NC5CC5)c(Cl)c4)ncnc3n2COCC[Si](C)(C)C)cc1. The number of halogens is 1. The zero-order valence-corrected chi connectivity index (χ0v) is 29.9. The average Bonchev–Trinajstić information content (AvgIpc) is 3.78. The van der Waals surface area contributed by atoms with Crippen molar-refractivity contribution in [2.24, 2.45) is 0 Å². The van der Waals surface area contributed by atoms with Gasteiger partial charge in [0.25, 0.3) is 0 Å². The smallest absolute Gasteiger partial charge is 0.319 e. The number of amides is 2. The fourth-order valence-corrected chi connectivity index (χ4v) is 6.08. The highest BCUT2D eigenvalue weighted by Crippen LogP contribution is 2.36. The number of aromatic nitrogens is 3. The molecule has 2 amide bonds. The van der Waals surface area contributed by atoms with Crippen molar-refractivity contribution in [1.82, 2.24) is 24.8 Å². The van der Waals surface area contributed by atoms with Crippen LogP contribution < -0.4 is 20.1 Å². The van der Waals surface area contributed by atoms with E-state index < -0.39 is 8.07 Å². The molecule has 0 unspecified atom stereocenters. The van der Waals surface area contributed by atoms with Gasteiger partial charge < -0.3 is 34.3 Å². The van der Waals surface area contributed by atoms with Crippen molar-refractivity contribution in [3.05, 3.63) is 59.9 Å². The molecule has 0 atom stereocenters. The number of nitrogens with one attached hydrogen (secondary N) is 2. The summed E-state index contributed by atoms with van der Waals surface area (Å²) in [4.78, 5) is 23.7. The molecule has 0 radical (unpaired) electrons. The average molecular weight is 679 g/mol. The summed E-state index contributed by atoms with van der Waals surface area (Å²) in [6.45, 7) is 16.2. The molecule has 10 nitrogen and oxygen atoms in total. The van der Waals surface area contributed by atoms with E-state index in [4.69, 9.17) is 25.8 Å². The molecule has 2 heterocycles. The minimum atomic E-state index is -1.25. The number of carbonyl (C=O) groups is 1. The summed E-state index contributed by atoms with van der Waals surface area (Å²) in [5, 5.41) is 6.81. The monoisotopic (exact) mass is 678 g/mol. The summed E-state index contributed by atoms with van der Waals surface area (Å²) >= 11 is 6.52. The van der Waals surface area contributed by atoms with E-state index in [9.17, 15) is 4.79 Å². The molecule has 0 spiro atoms. The molecule has 47 heavy (non-hydrogen) atoms. The Bertz CT molecular complexity index is 1630. The Morgan fingerprint density at radius 3 is 2.45 bits per heavy atom. The van der Waals surface area contributed by atoms with Crippen molar-refractivity contribution in [1.29, 1.82) is 0 Å². The molecule has 0 bridgehead atoms. The maximum atomic E-state index is 12.2. The zero-order valence-electron chi connectivity index (χ0n) is 28.1. The molecule has 2 aromatic heterocycles. The van der Waals surface area contributed by atoms with E-state index in [0.29, 0.717) is 47.9 Å². The number of benzene rings is 2. The van der Waals surface area contributed by atoms with Gasteiger partial charge in [0.1, 0.15) is 30.2 Å². The van der Waals surface area contributed by atoms with Crippen LogP contribution in [0.4, 0.5) is 10.5 Å². The van der Waals surface area contributed by atoms with Crippen LogP contribution in [0.3, 0.4) is 0 Å². The van der Waals surface area contributed by atoms with Crippen LogP contribution in [-0.2, 0) is 11.5 Å². The predicted octanol–water partition coefficient (Wildman–Crippen LogP) is 8.25. The van der Waals surface area contributed by atoms with Gasteiger partial charge in [-0.2, -0.15) is 0 Å². The van der Waals surface area contributed by atoms with E-state index in [1.807, 2.05) is 18.2 Å². The van der Waals surface area contributed by atoms with Gasteiger partial charge in [0.15, 0.2) is 0 Å². The van der Waals surface area contributed by atoms with Gasteiger partial charge in [-0.3, -0.25) is 0 Å². The second kappa shape index (κ2) is 16.0. The summed E-state index contributed by atoms with van der Waals surface area (Å²) in [6, 6.07) is 16.4. The first-order valence-electron chi connectivity index (χ1n) is 16.6. The lowest BCUT2D eigenvalue weighted by Gasteiger charge is -2.18. The number of ether oxygens (including phenoxy) is 3. The third kappa shape index (κ3) is 9.93. The van der Waals surface area contributed by atoms with Crippen LogP contribution in [0.5, 0.6) is 17.4 Å². The van der Waals surface area contributed by atoms with Gasteiger partial charge in [-0.05, 0) is 86.4 Å². The van der Waals surface area contributed by atoms with Gasteiger partial charge in [0.05, 0.1) is 28.4 Å². The lowest BCUT2D eigenvalue weighted by molar-refractivity contribution is 0.0909. The Morgan fingerprint density at radius 1 is 1.02 bits per heavy atom. The van der Waals surface area contributed by atoms with Crippen molar-refractivity contribution in [2.75, 3.05) is 38.2 Å². The van der Waals surface area contributed by atoms with E-state index in [1.165, 1.54) is 6.33 Å². The number of carbonyl (C=O) groups excluding carboxylic acids is 1. The molecule has 2 aromatic carbocycles. The van der Waals surface area contributed by atoms with Crippen molar-refractivity contribution >= 4 is 42.4 Å². The molecule has 1 aliphatic rings. The second-order valence-electron chi connectivity index (χ2n) is 13.1. The van der Waals surface area contributed by atoms with Crippen LogP contribution in [0.15, 0.2) is 54.9 Å². The Balaban J connectivity index is 1.35. The summed E-state index contributed by atoms with van der Waals surface area (Å²) in [5.41, 5.74) is 3.15. The van der Waals surface area contributed by atoms with Crippen molar-refractivity contribution in [3.8, 4) is 28.6 Å². The highest BCUT2D eigenvalue weighted by molar-refractivity contribution is 6.76. The van der Waals surface area contributed by atoms with E-state index >= 15 is 0 Å². The number of anilines is 1. The standard InChI is InChI=1S/C35H47ClN6O4Si/c1-6-41(7-2)17-8-18-45-27-13-9-25(10-14-27)32-22-29-33(42(32)24-44-19-20-47(3,4)5)37-23-38-34(29)46-28-15-16-31(30(36)21-28)40-35(43)39-26-11-12-26/h9-10,13-16,21-23,26H,6-8,11-12,17-20,24H2,1-5H3,(H2,39,40,43). The van der Waals surface area contributed by atoms with Crippen LogP contribution >= 0.6 is 11.6 Å². The zero-order chi connectivity index (χ0) is 33.4. The quantitative estimate of drug-likeness (QED) is 0.0856. The Hall–Kier alpha value is -3.64. The lowest BCUT2D eigenvalue weighted by Crippen LogP contribution is -2.30. The van der Waals surface area contributed by atoms with E-state index in [0.717, 1.165) is 67.3 Å². The summed E-state index contributed by atoms with van der Waals surface area (Å²) in [5.74, 6) is 1.73. The number of hydrogen-bond acceptors (Lipinski definition) is 7. The van der Waals surface area contributed by atoms with Gasteiger partial charge in [-0.15, -0.1) is 0 Å². The lowest BCUT2D eigenvalue weighted by atomic mass is 10.1. The topological polar surface area (TPSA) is 103 Å². The molecule has 5 rings (SSSR count). The predicted molar refractivity (Wildman–Crippen MR) is 192 cm³/mol. The molecule has 4 aromatic rings. The number of hydrogen-bond donors (Lipinski definition) is 2. The first-order chi connectivity index (χ1) is 22.6. The third-order valence-electron chi connectivity index (χ3n) is 8.12. The maximum absolute atomic E-state index is 12.2. The largest absolute Gasteiger partial charge is 0.494 e. The molecule has 1 saturated carbocycles. The molecule has 1 fully saturated rings. The molecule has 0 aliphatic heterocycles. The van der Waals surface area contributed by atoms with Crippen molar-refractivity contribution < 1.29 is 19.0 Å². The normalized spacial score (nSPS) is 13.3. The summed E-state index contributed by atoms with van der Waals surface area (Å²) in [7, 11) is -1.25. The number of rotatable bonds is 17. The molecular weight excluding hydrogens is 632 g/mol. The maximum Gasteiger partial charge on any atom is 0.319 e. The first-order valence-corrected chi connectivity index (χ1v) is 20.6. The van der Waals surface area contributed by atoms with E-state index in [2.05, 4.69) is 75.7 Å². The molecule has 252 valence electrons. The molecule has 12 heteroatoms. The Morgan fingerprint density at radius 2 is 1.77 bits per heavy atom. The first kappa shape index (κ1) is 34.7. The van der Waals surface area contributed by atoms with Crippen molar-refractivity contribution in [3.63, 3.8) is 0 Å². The number of urea groups is 1. The minimum absolute atomic E-state index is 0.248. The minimum Gasteiger partial charge on any atom is -0.494 e. The fourth-order valence-electron chi connectivity index (χ4n) is 5.11. The Labute approximate surface area is 283 Å². The summed E-state index contributed by atoms with van der Waals surface area (Å²) < 4.78 is 20.6. The van der Waals surface area contributed by atoms with Crippen LogP contribution in [0.25, 0.3) is 22.3 Å². The van der Waals surface area contributed by atoms with E-state index in [-0.39, 0.29) is 12.1 Å². The van der Waals surface area contributed by atoms with Crippen LogP contribution in [-0.4, -0.2) is 72.4 Å². The Kier molecular flexibility index (Phi) is 11.8. The fraction of sp³-hybridized carbons (Fsp3) is 0.457. The van der Waals surface area contributed by atoms with Crippen molar-refractivity contribution in [2.45, 2.75) is 71.6 Å². The summed E-state index contributed by atoms with van der Waals surface area (Å²) in [6.07, 6.45) is 4.49. The number of nitrogens with zero attached hydrogens (tertiary/aromatic N) is 4. The van der Waals surface area contributed by atoms with Gasteiger partial charge in [-0.25, -0.2) is 14.8 Å². The van der Waals surface area contributed by atoms with Crippen LogP contribution in [0.1, 0.15) is 33.1 Å². The van der Waals surface area contributed by atoms with Gasteiger partial charge in [0, 0.05) is 33.3 Å². The highest BCUT2D eigenvalue weighted by Gasteiger charge is 2.24. The van der Waals surface area contributed by atoms with Gasteiger partial charge in [0.2, 0.25) is 5.88 Å². The third-order valence-corrected chi connectivity index (χ3v) is 10.1. The van der Waals surface area contributed by atoms with Gasteiger partial charge >= 0.3 is 6.03 Å². The molecule has 1 aliphatic carbocycles. The van der Waals surface area contributed by atoms with E-state index in [1.54, 1.807) is 18.2 Å². The van der Waals surface area contributed by atoms with Crippen LogP contribution in [0, 0.1) is 0 Å². The number of fused-ring (bicyclic) bond motifs is 1. The molecule has 2 N–H and O–H groups in total. The van der Waals surface area contributed by atoms with Crippen LogP contribution in [0.2, 0.25) is 30.7 Å². The van der Waals surface area contributed by atoms with Gasteiger partial charge in [-0.1, -0.05) is 45.1 Å². The second-order valence-corrected chi connectivity index (χ2v) is 19.1. The molecular formula is C35H47ClN6O4Si. The molecule has 0 saturated heterocycles.